The average Bonchev–Trinajstić information content (AvgIpc) is 3.04. The SMILES string of the molecule is Nc1sc2ccccc2c1Nc1ccc2c(c1)OCO2. The fraction of sp³-hybridized carbons (Fsp3) is 0.0667. The Bertz CT molecular complexity index is 798. The molecule has 0 unspecified atom stereocenters. The molecule has 1 aliphatic rings. The predicted octanol–water partition coefficient (Wildman–Crippen LogP) is 3.96. The lowest BCUT2D eigenvalue weighted by Gasteiger charge is -2.07. The van der Waals surface area contributed by atoms with E-state index >= 15 is 0 Å². The van der Waals surface area contributed by atoms with Crippen LogP contribution in [0.4, 0.5) is 16.4 Å². The zero-order valence-corrected chi connectivity index (χ0v) is 11.4. The van der Waals surface area contributed by atoms with Crippen LogP contribution in [0, 0.1) is 0 Å². The first-order chi connectivity index (χ1) is 9.81. The quantitative estimate of drug-likeness (QED) is 0.748. The maximum atomic E-state index is 6.11. The monoisotopic (exact) mass is 284 g/mol. The Labute approximate surface area is 119 Å². The van der Waals surface area contributed by atoms with Crippen LogP contribution in [0.15, 0.2) is 42.5 Å². The number of thiophene rings is 1. The number of fused-ring (bicyclic) bond motifs is 2. The number of hydrogen-bond donors (Lipinski definition) is 2. The summed E-state index contributed by atoms with van der Waals surface area (Å²) in [6.07, 6.45) is 0. The summed E-state index contributed by atoms with van der Waals surface area (Å²) >= 11 is 1.58. The zero-order valence-electron chi connectivity index (χ0n) is 10.6. The molecule has 5 heteroatoms. The van der Waals surface area contributed by atoms with Crippen LogP contribution in [0.3, 0.4) is 0 Å². The van der Waals surface area contributed by atoms with E-state index in [4.69, 9.17) is 15.2 Å². The van der Waals surface area contributed by atoms with Crippen LogP contribution in [0.1, 0.15) is 0 Å². The van der Waals surface area contributed by atoms with E-state index in [0.29, 0.717) is 0 Å². The highest BCUT2D eigenvalue weighted by Crippen LogP contribution is 2.41. The first-order valence-corrected chi connectivity index (χ1v) is 7.06. The topological polar surface area (TPSA) is 56.5 Å². The van der Waals surface area contributed by atoms with Gasteiger partial charge in [0.15, 0.2) is 11.5 Å². The highest BCUT2D eigenvalue weighted by molar-refractivity contribution is 7.23. The molecule has 4 rings (SSSR count). The number of benzene rings is 2. The second-order valence-corrected chi connectivity index (χ2v) is 5.61. The molecule has 100 valence electrons. The van der Waals surface area contributed by atoms with Crippen LogP contribution in [-0.2, 0) is 0 Å². The summed E-state index contributed by atoms with van der Waals surface area (Å²) in [5.74, 6) is 1.53. The van der Waals surface area contributed by atoms with E-state index in [9.17, 15) is 0 Å². The molecule has 0 saturated heterocycles. The van der Waals surface area contributed by atoms with Crippen molar-refractivity contribution in [2.45, 2.75) is 0 Å². The molecule has 3 N–H and O–H groups in total. The standard InChI is InChI=1S/C15H12N2O2S/c16-15-14(10-3-1-2-4-13(10)20-15)17-9-5-6-11-12(7-9)19-8-18-11/h1-7,17H,8,16H2. The first kappa shape index (κ1) is 11.4. The molecular formula is C15H12N2O2S. The van der Waals surface area contributed by atoms with Gasteiger partial charge < -0.3 is 20.5 Å². The van der Waals surface area contributed by atoms with Crippen molar-refractivity contribution in [2.24, 2.45) is 0 Å². The summed E-state index contributed by atoms with van der Waals surface area (Å²) in [6, 6.07) is 13.9. The third-order valence-corrected chi connectivity index (χ3v) is 4.26. The number of hydrogen-bond acceptors (Lipinski definition) is 5. The van der Waals surface area contributed by atoms with Crippen molar-refractivity contribution in [1.82, 2.24) is 0 Å². The van der Waals surface area contributed by atoms with Crippen molar-refractivity contribution < 1.29 is 9.47 Å². The van der Waals surface area contributed by atoms with Gasteiger partial charge in [-0.25, -0.2) is 0 Å². The minimum Gasteiger partial charge on any atom is -0.454 e. The number of rotatable bonds is 2. The first-order valence-electron chi connectivity index (χ1n) is 6.25. The number of nitrogens with one attached hydrogen (secondary N) is 1. The molecule has 20 heavy (non-hydrogen) atoms. The van der Waals surface area contributed by atoms with Gasteiger partial charge in [0.05, 0.1) is 5.69 Å². The molecule has 0 amide bonds. The van der Waals surface area contributed by atoms with E-state index in [1.807, 2.05) is 30.3 Å². The van der Waals surface area contributed by atoms with Crippen LogP contribution in [0.2, 0.25) is 0 Å². The average molecular weight is 284 g/mol. The lowest BCUT2D eigenvalue weighted by atomic mass is 10.2. The lowest BCUT2D eigenvalue weighted by Crippen LogP contribution is -1.93. The Morgan fingerprint density at radius 3 is 2.85 bits per heavy atom. The number of anilines is 3. The van der Waals surface area contributed by atoms with Gasteiger partial charge >= 0.3 is 0 Å². The van der Waals surface area contributed by atoms with E-state index in [1.165, 1.54) is 4.70 Å². The van der Waals surface area contributed by atoms with Gasteiger partial charge in [-0.1, -0.05) is 18.2 Å². The Morgan fingerprint density at radius 1 is 1.05 bits per heavy atom. The van der Waals surface area contributed by atoms with Crippen molar-refractivity contribution >= 4 is 37.8 Å². The normalized spacial score (nSPS) is 12.8. The third-order valence-electron chi connectivity index (χ3n) is 3.26. The van der Waals surface area contributed by atoms with Gasteiger partial charge in [0, 0.05) is 21.8 Å². The molecule has 0 aliphatic carbocycles. The van der Waals surface area contributed by atoms with E-state index in [0.717, 1.165) is 33.3 Å². The lowest BCUT2D eigenvalue weighted by molar-refractivity contribution is 0.174. The Morgan fingerprint density at radius 2 is 1.90 bits per heavy atom. The van der Waals surface area contributed by atoms with Gasteiger partial charge in [-0.15, -0.1) is 11.3 Å². The van der Waals surface area contributed by atoms with Crippen molar-refractivity contribution in [3.05, 3.63) is 42.5 Å². The molecule has 0 atom stereocenters. The highest BCUT2D eigenvalue weighted by atomic mass is 32.1. The maximum Gasteiger partial charge on any atom is 0.231 e. The van der Waals surface area contributed by atoms with Crippen LogP contribution < -0.4 is 20.5 Å². The Hall–Kier alpha value is -2.40. The second kappa shape index (κ2) is 4.31. The summed E-state index contributed by atoms with van der Waals surface area (Å²) in [5, 5.41) is 5.29. The van der Waals surface area contributed by atoms with Crippen molar-refractivity contribution in [3.63, 3.8) is 0 Å². The molecular weight excluding hydrogens is 272 g/mol. The van der Waals surface area contributed by atoms with E-state index in [1.54, 1.807) is 11.3 Å². The fourth-order valence-electron chi connectivity index (χ4n) is 2.31. The van der Waals surface area contributed by atoms with Crippen molar-refractivity contribution in [1.29, 1.82) is 0 Å². The minimum atomic E-state index is 0.280. The number of nitrogen functional groups attached to an aromatic ring is 1. The van der Waals surface area contributed by atoms with Crippen LogP contribution in [-0.4, -0.2) is 6.79 Å². The van der Waals surface area contributed by atoms with Gasteiger partial charge in [0.25, 0.3) is 0 Å². The summed E-state index contributed by atoms with van der Waals surface area (Å²) in [6.45, 7) is 0.280. The number of ether oxygens (including phenoxy) is 2. The second-order valence-electron chi connectivity index (χ2n) is 4.53. The van der Waals surface area contributed by atoms with Crippen LogP contribution in [0.25, 0.3) is 10.1 Å². The van der Waals surface area contributed by atoms with Gasteiger partial charge in [-0.2, -0.15) is 0 Å². The Balaban J connectivity index is 1.76. The van der Waals surface area contributed by atoms with Crippen molar-refractivity contribution in [3.8, 4) is 11.5 Å². The molecule has 1 aliphatic heterocycles. The molecule has 4 nitrogen and oxygen atoms in total. The smallest absolute Gasteiger partial charge is 0.231 e. The van der Waals surface area contributed by atoms with Crippen LogP contribution >= 0.6 is 11.3 Å². The third kappa shape index (κ3) is 1.75. The number of nitrogens with two attached hydrogens (primary N) is 1. The Kier molecular flexibility index (Phi) is 2.47. The molecule has 2 aromatic carbocycles. The molecule has 0 bridgehead atoms. The van der Waals surface area contributed by atoms with Crippen LogP contribution in [0.5, 0.6) is 11.5 Å². The molecule has 0 fully saturated rings. The highest BCUT2D eigenvalue weighted by Gasteiger charge is 2.15. The molecule has 3 aromatic rings. The summed E-state index contributed by atoms with van der Waals surface area (Å²) in [4.78, 5) is 0. The van der Waals surface area contributed by atoms with Crippen molar-refractivity contribution in [2.75, 3.05) is 17.8 Å². The maximum absolute atomic E-state index is 6.11. The minimum absolute atomic E-state index is 0.280. The fourth-order valence-corrected chi connectivity index (χ4v) is 3.24. The zero-order chi connectivity index (χ0) is 13.5. The van der Waals surface area contributed by atoms with Gasteiger partial charge in [-0.05, 0) is 18.2 Å². The summed E-state index contributed by atoms with van der Waals surface area (Å²) < 4.78 is 11.9. The van der Waals surface area contributed by atoms with E-state index in [2.05, 4.69) is 17.4 Å². The molecule has 0 radical (unpaired) electrons. The van der Waals surface area contributed by atoms with Gasteiger partial charge in [0.2, 0.25) is 6.79 Å². The van der Waals surface area contributed by atoms with E-state index in [-0.39, 0.29) is 6.79 Å². The molecule has 0 saturated carbocycles. The molecule has 1 aromatic heterocycles. The molecule has 2 heterocycles. The van der Waals surface area contributed by atoms with Gasteiger partial charge in [0.1, 0.15) is 5.00 Å². The predicted molar refractivity (Wildman–Crippen MR) is 82.1 cm³/mol. The van der Waals surface area contributed by atoms with E-state index < -0.39 is 0 Å². The largest absolute Gasteiger partial charge is 0.454 e. The summed E-state index contributed by atoms with van der Waals surface area (Å²) in [7, 11) is 0. The summed E-state index contributed by atoms with van der Waals surface area (Å²) in [5.41, 5.74) is 8.00. The van der Waals surface area contributed by atoms with Gasteiger partial charge in [-0.3, -0.25) is 0 Å². The molecule has 0 spiro atoms.